The van der Waals surface area contributed by atoms with E-state index < -0.39 is 11.8 Å². The SMILES string of the molecule is CCN1CCN(C(=O)C(=O)NCCOc2ccc(OC)cc2)CC1. The van der Waals surface area contributed by atoms with E-state index >= 15 is 0 Å². The number of ether oxygens (including phenoxy) is 2. The molecule has 132 valence electrons. The molecule has 0 aromatic heterocycles. The summed E-state index contributed by atoms with van der Waals surface area (Å²) >= 11 is 0. The summed E-state index contributed by atoms with van der Waals surface area (Å²) in [7, 11) is 1.60. The molecule has 1 aliphatic heterocycles. The Morgan fingerprint density at radius 1 is 1.08 bits per heavy atom. The molecule has 0 unspecified atom stereocenters. The molecule has 1 heterocycles. The van der Waals surface area contributed by atoms with Crippen molar-refractivity contribution in [3.05, 3.63) is 24.3 Å². The third-order valence-electron chi connectivity index (χ3n) is 4.02. The largest absolute Gasteiger partial charge is 0.497 e. The maximum atomic E-state index is 12.1. The first-order valence-corrected chi connectivity index (χ1v) is 8.20. The summed E-state index contributed by atoms with van der Waals surface area (Å²) in [5.41, 5.74) is 0. The van der Waals surface area contributed by atoms with Crippen LogP contribution in [0.5, 0.6) is 11.5 Å². The smallest absolute Gasteiger partial charge is 0.311 e. The Morgan fingerprint density at radius 2 is 1.71 bits per heavy atom. The van der Waals surface area contributed by atoms with Gasteiger partial charge in [0.05, 0.1) is 13.7 Å². The lowest BCUT2D eigenvalue weighted by Crippen LogP contribution is -2.52. The van der Waals surface area contributed by atoms with E-state index in [0.717, 1.165) is 25.4 Å². The predicted octanol–water partition coefficient (Wildman–Crippen LogP) is 0.354. The van der Waals surface area contributed by atoms with Gasteiger partial charge in [-0.1, -0.05) is 6.92 Å². The number of piperazine rings is 1. The van der Waals surface area contributed by atoms with Gasteiger partial charge in [0.1, 0.15) is 18.1 Å². The van der Waals surface area contributed by atoms with Gasteiger partial charge in [-0.25, -0.2) is 0 Å². The van der Waals surface area contributed by atoms with Crippen molar-refractivity contribution in [3.63, 3.8) is 0 Å². The Hall–Kier alpha value is -2.28. The zero-order chi connectivity index (χ0) is 17.4. The third kappa shape index (κ3) is 5.13. The van der Waals surface area contributed by atoms with Gasteiger partial charge in [0.15, 0.2) is 0 Å². The van der Waals surface area contributed by atoms with E-state index in [2.05, 4.69) is 17.1 Å². The fourth-order valence-electron chi connectivity index (χ4n) is 2.49. The second-order valence-electron chi connectivity index (χ2n) is 5.51. The van der Waals surface area contributed by atoms with Crippen molar-refractivity contribution < 1.29 is 19.1 Å². The van der Waals surface area contributed by atoms with Crippen molar-refractivity contribution in [3.8, 4) is 11.5 Å². The van der Waals surface area contributed by atoms with Crippen molar-refractivity contribution in [2.75, 3.05) is 53.0 Å². The van der Waals surface area contributed by atoms with Gasteiger partial charge >= 0.3 is 11.8 Å². The Balaban J connectivity index is 1.66. The number of nitrogens with zero attached hydrogens (tertiary/aromatic N) is 2. The zero-order valence-corrected chi connectivity index (χ0v) is 14.3. The number of nitrogens with one attached hydrogen (secondary N) is 1. The first kappa shape index (κ1) is 18.1. The van der Waals surface area contributed by atoms with Crippen molar-refractivity contribution in [1.29, 1.82) is 0 Å². The first-order valence-electron chi connectivity index (χ1n) is 8.20. The molecule has 2 amide bonds. The highest BCUT2D eigenvalue weighted by Crippen LogP contribution is 2.16. The number of benzene rings is 1. The van der Waals surface area contributed by atoms with Crippen LogP contribution < -0.4 is 14.8 Å². The van der Waals surface area contributed by atoms with E-state index in [1.807, 2.05) is 0 Å². The molecular formula is C17H25N3O4. The minimum atomic E-state index is -0.571. The first-order chi connectivity index (χ1) is 11.6. The number of rotatable bonds is 6. The van der Waals surface area contributed by atoms with Crippen molar-refractivity contribution in [1.82, 2.24) is 15.1 Å². The van der Waals surface area contributed by atoms with Crippen molar-refractivity contribution >= 4 is 11.8 Å². The molecule has 0 aliphatic carbocycles. The Labute approximate surface area is 142 Å². The number of hydrogen-bond donors (Lipinski definition) is 1. The quantitative estimate of drug-likeness (QED) is 0.600. The lowest BCUT2D eigenvalue weighted by molar-refractivity contribution is -0.147. The Bertz CT molecular complexity index is 539. The highest BCUT2D eigenvalue weighted by atomic mass is 16.5. The minimum absolute atomic E-state index is 0.283. The monoisotopic (exact) mass is 335 g/mol. The normalized spacial score (nSPS) is 15.0. The second kappa shape index (κ2) is 9.12. The highest BCUT2D eigenvalue weighted by Gasteiger charge is 2.25. The van der Waals surface area contributed by atoms with E-state index in [9.17, 15) is 9.59 Å². The van der Waals surface area contributed by atoms with Crippen LogP contribution in [0.25, 0.3) is 0 Å². The standard InChI is InChI=1S/C17H25N3O4/c1-3-19-9-11-20(12-10-19)17(22)16(21)18-8-13-24-15-6-4-14(23-2)5-7-15/h4-7H,3,8-13H2,1-2H3,(H,18,21). The van der Waals surface area contributed by atoms with E-state index in [1.54, 1.807) is 36.3 Å². The molecule has 1 saturated heterocycles. The lowest BCUT2D eigenvalue weighted by Gasteiger charge is -2.33. The van der Waals surface area contributed by atoms with Crippen molar-refractivity contribution in [2.24, 2.45) is 0 Å². The van der Waals surface area contributed by atoms with Crippen LogP contribution in [0.2, 0.25) is 0 Å². The molecule has 0 radical (unpaired) electrons. The number of likely N-dealkylation sites (N-methyl/N-ethyl adjacent to an activating group) is 1. The van der Waals surface area contributed by atoms with E-state index in [4.69, 9.17) is 9.47 Å². The summed E-state index contributed by atoms with van der Waals surface area (Å²) in [5, 5.41) is 2.60. The minimum Gasteiger partial charge on any atom is -0.497 e. The van der Waals surface area contributed by atoms with Crippen LogP contribution in [0.4, 0.5) is 0 Å². The molecule has 1 aliphatic rings. The van der Waals surface area contributed by atoms with Gasteiger partial charge in [0, 0.05) is 26.2 Å². The van der Waals surface area contributed by atoms with Crippen LogP contribution in [0, 0.1) is 0 Å². The Kier molecular flexibility index (Phi) is 6.87. The molecule has 24 heavy (non-hydrogen) atoms. The molecule has 0 bridgehead atoms. The summed E-state index contributed by atoms with van der Waals surface area (Å²) in [6, 6.07) is 7.18. The van der Waals surface area contributed by atoms with Gasteiger partial charge in [-0.3, -0.25) is 9.59 Å². The third-order valence-corrected chi connectivity index (χ3v) is 4.02. The zero-order valence-electron chi connectivity index (χ0n) is 14.3. The van der Waals surface area contributed by atoms with Crippen LogP contribution in [0.1, 0.15) is 6.92 Å². The van der Waals surface area contributed by atoms with E-state index in [1.165, 1.54) is 0 Å². The average molecular weight is 335 g/mol. The highest BCUT2D eigenvalue weighted by molar-refractivity contribution is 6.35. The molecule has 0 saturated carbocycles. The van der Waals surface area contributed by atoms with Gasteiger partial charge in [0.2, 0.25) is 0 Å². The summed E-state index contributed by atoms with van der Waals surface area (Å²) < 4.78 is 10.6. The van der Waals surface area contributed by atoms with Gasteiger partial charge in [-0.15, -0.1) is 0 Å². The maximum Gasteiger partial charge on any atom is 0.311 e. The molecule has 1 aromatic rings. The van der Waals surface area contributed by atoms with Crippen molar-refractivity contribution in [2.45, 2.75) is 6.92 Å². The molecule has 1 N–H and O–H groups in total. The molecule has 2 rings (SSSR count). The molecule has 1 fully saturated rings. The number of methoxy groups -OCH3 is 1. The van der Waals surface area contributed by atoms with Gasteiger partial charge in [0.25, 0.3) is 0 Å². The molecule has 7 heteroatoms. The van der Waals surface area contributed by atoms with Crippen LogP contribution in [-0.4, -0.2) is 74.6 Å². The van der Waals surface area contributed by atoms with Crippen LogP contribution in [-0.2, 0) is 9.59 Å². The Morgan fingerprint density at radius 3 is 2.29 bits per heavy atom. The van der Waals surface area contributed by atoms with Crippen LogP contribution in [0.15, 0.2) is 24.3 Å². The number of hydrogen-bond acceptors (Lipinski definition) is 5. The maximum absolute atomic E-state index is 12.1. The number of carbonyl (C=O) groups excluding carboxylic acids is 2. The molecule has 0 atom stereocenters. The van der Waals surface area contributed by atoms with E-state index in [-0.39, 0.29) is 6.54 Å². The molecule has 7 nitrogen and oxygen atoms in total. The lowest BCUT2D eigenvalue weighted by atomic mass is 10.3. The van der Waals surface area contributed by atoms with Crippen LogP contribution >= 0.6 is 0 Å². The predicted molar refractivity (Wildman–Crippen MR) is 90.2 cm³/mol. The molecular weight excluding hydrogens is 310 g/mol. The average Bonchev–Trinajstić information content (AvgIpc) is 2.65. The number of amides is 2. The summed E-state index contributed by atoms with van der Waals surface area (Å²) in [6.45, 7) is 6.47. The van der Waals surface area contributed by atoms with Gasteiger partial charge < -0.3 is 24.6 Å². The van der Waals surface area contributed by atoms with Gasteiger partial charge in [-0.05, 0) is 30.8 Å². The molecule has 1 aromatic carbocycles. The topological polar surface area (TPSA) is 71.1 Å². The van der Waals surface area contributed by atoms with E-state index in [0.29, 0.717) is 25.4 Å². The fraction of sp³-hybridized carbons (Fsp3) is 0.529. The molecule has 0 spiro atoms. The second-order valence-corrected chi connectivity index (χ2v) is 5.51. The summed E-state index contributed by atoms with van der Waals surface area (Å²) in [4.78, 5) is 27.8. The fourth-order valence-corrected chi connectivity index (χ4v) is 2.49. The number of carbonyl (C=O) groups is 2. The summed E-state index contributed by atoms with van der Waals surface area (Å²) in [5.74, 6) is 0.407. The van der Waals surface area contributed by atoms with Gasteiger partial charge in [-0.2, -0.15) is 0 Å². The van der Waals surface area contributed by atoms with Crippen LogP contribution in [0.3, 0.4) is 0 Å². The summed E-state index contributed by atoms with van der Waals surface area (Å²) in [6.07, 6.45) is 0.